The first-order chi connectivity index (χ1) is 13.1. The molecule has 0 aliphatic heterocycles. The molecule has 0 bridgehead atoms. The average molecular weight is 368 g/mol. The van der Waals surface area contributed by atoms with Crippen molar-refractivity contribution in [1.82, 2.24) is 10.2 Å². The van der Waals surface area contributed by atoms with Gasteiger partial charge in [-0.05, 0) is 36.6 Å². The topological polar surface area (TPSA) is 58.6 Å². The van der Waals surface area contributed by atoms with Crippen molar-refractivity contribution in [2.75, 3.05) is 13.7 Å². The Morgan fingerprint density at radius 3 is 2.37 bits per heavy atom. The second-order valence-corrected chi connectivity index (χ2v) is 6.35. The fraction of sp³-hybridized carbons (Fsp3) is 0.364. The van der Waals surface area contributed by atoms with E-state index in [4.69, 9.17) is 4.74 Å². The Morgan fingerprint density at radius 2 is 1.74 bits per heavy atom. The van der Waals surface area contributed by atoms with Crippen molar-refractivity contribution in [2.45, 2.75) is 39.3 Å². The summed E-state index contributed by atoms with van der Waals surface area (Å²) in [5.74, 6) is 0.542. The molecule has 1 atom stereocenters. The highest BCUT2D eigenvalue weighted by atomic mass is 16.5. The minimum Gasteiger partial charge on any atom is -0.497 e. The predicted octanol–water partition coefficient (Wildman–Crippen LogP) is 3.18. The number of carbonyl (C=O) groups excluding carboxylic acids is 2. The lowest BCUT2D eigenvalue weighted by Crippen LogP contribution is -2.49. The Kier molecular flexibility index (Phi) is 7.86. The summed E-state index contributed by atoms with van der Waals surface area (Å²) < 4.78 is 5.28. The molecule has 0 fully saturated rings. The van der Waals surface area contributed by atoms with Gasteiger partial charge in [-0.3, -0.25) is 9.59 Å². The smallest absolute Gasteiger partial charge is 0.242 e. The van der Waals surface area contributed by atoms with Crippen molar-refractivity contribution in [2.24, 2.45) is 0 Å². The quantitative estimate of drug-likeness (QED) is 0.740. The molecule has 2 rings (SSSR count). The maximum Gasteiger partial charge on any atom is 0.242 e. The van der Waals surface area contributed by atoms with Crippen LogP contribution in [0.1, 0.15) is 31.4 Å². The van der Waals surface area contributed by atoms with Crippen LogP contribution in [-0.2, 0) is 22.6 Å². The number of benzene rings is 2. The molecule has 2 aromatic rings. The van der Waals surface area contributed by atoms with Crippen molar-refractivity contribution >= 4 is 11.8 Å². The molecule has 144 valence electrons. The van der Waals surface area contributed by atoms with Crippen molar-refractivity contribution < 1.29 is 14.3 Å². The summed E-state index contributed by atoms with van der Waals surface area (Å²) >= 11 is 0. The SMILES string of the molecule is CCNC(=O)[C@H](CC)N(Cc1cccc(OC)c1)C(=O)Cc1ccccc1. The highest BCUT2D eigenvalue weighted by Gasteiger charge is 2.28. The van der Waals surface area contributed by atoms with E-state index in [0.29, 0.717) is 19.5 Å². The number of carbonyl (C=O) groups is 2. The zero-order chi connectivity index (χ0) is 19.6. The lowest BCUT2D eigenvalue weighted by Gasteiger charge is -2.30. The Labute approximate surface area is 161 Å². The molecule has 0 aliphatic rings. The molecular formula is C22H28N2O3. The van der Waals surface area contributed by atoms with Gasteiger partial charge in [-0.1, -0.05) is 49.4 Å². The minimum absolute atomic E-state index is 0.0675. The van der Waals surface area contributed by atoms with Gasteiger partial charge in [0.15, 0.2) is 0 Å². The van der Waals surface area contributed by atoms with Crippen LogP contribution in [0.2, 0.25) is 0 Å². The molecule has 0 heterocycles. The zero-order valence-electron chi connectivity index (χ0n) is 16.3. The maximum atomic E-state index is 13.1. The molecule has 0 spiro atoms. The number of likely N-dealkylation sites (N-methyl/N-ethyl adjacent to an activating group) is 1. The van der Waals surface area contributed by atoms with Crippen LogP contribution < -0.4 is 10.1 Å². The van der Waals surface area contributed by atoms with Crippen LogP contribution in [-0.4, -0.2) is 36.4 Å². The lowest BCUT2D eigenvalue weighted by molar-refractivity contribution is -0.140. The number of ether oxygens (including phenoxy) is 1. The Balaban J connectivity index is 2.28. The van der Waals surface area contributed by atoms with E-state index in [1.165, 1.54) is 0 Å². The highest BCUT2D eigenvalue weighted by Crippen LogP contribution is 2.18. The van der Waals surface area contributed by atoms with E-state index in [1.807, 2.05) is 68.4 Å². The van der Waals surface area contributed by atoms with Crippen molar-refractivity contribution in [1.29, 1.82) is 0 Å². The summed E-state index contributed by atoms with van der Waals surface area (Å²) in [5.41, 5.74) is 1.86. The molecule has 0 saturated carbocycles. The number of nitrogens with zero attached hydrogens (tertiary/aromatic N) is 1. The van der Waals surface area contributed by atoms with E-state index in [1.54, 1.807) is 12.0 Å². The van der Waals surface area contributed by atoms with Gasteiger partial charge in [0.25, 0.3) is 0 Å². The van der Waals surface area contributed by atoms with Crippen LogP contribution in [0, 0.1) is 0 Å². The van der Waals surface area contributed by atoms with Crippen LogP contribution in [0.3, 0.4) is 0 Å². The van der Waals surface area contributed by atoms with Gasteiger partial charge in [0.2, 0.25) is 11.8 Å². The Hall–Kier alpha value is -2.82. The molecule has 0 radical (unpaired) electrons. The van der Waals surface area contributed by atoms with Crippen molar-refractivity contribution in [3.8, 4) is 5.75 Å². The van der Waals surface area contributed by atoms with Gasteiger partial charge < -0.3 is 15.0 Å². The monoisotopic (exact) mass is 368 g/mol. The van der Waals surface area contributed by atoms with E-state index in [9.17, 15) is 9.59 Å². The van der Waals surface area contributed by atoms with Crippen molar-refractivity contribution in [3.05, 3.63) is 65.7 Å². The molecule has 5 nitrogen and oxygen atoms in total. The van der Waals surface area contributed by atoms with E-state index < -0.39 is 6.04 Å². The standard InChI is InChI=1S/C22H28N2O3/c1-4-20(22(26)23-5-2)24(16-18-12-9-13-19(14-18)27-3)21(25)15-17-10-7-6-8-11-17/h6-14,20H,4-5,15-16H2,1-3H3,(H,23,26)/t20-/m0/s1. The molecule has 0 saturated heterocycles. The van der Waals surface area contributed by atoms with Gasteiger partial charge in [-0.2, -0.15) is 0 Å². The first kappa shape index (κ1) is 20.5. The third kappa shape index (κ3) is 5.84. The number of hydrogen-bond acceptors (Lipinski definition) is 3. The van der Waals surface area contributed by atoms with Gasteiger partial charge in [0.05, 0.1) is 13.5 Å². The first-order valence-corrected chi connectivity index (χ1v) is 9.33. The van der Waals surface area contributed by atoms with E-state index in [0.717, 1.165) is 16.9 Å². The highest BCUT2D eigenvalue weighted by molar-refractivity contribution is 5.88. The van der Waals surface area contributed by atoms with E-state index in [-0.39, 0.29) is 18.2 Å². The normalized spacial score (nSPS) is 11.5. The second kappa shape index (κ2) is 10.4. The van der Waals surface area contributed by atoms with Gasteiger partial charge in [0, 0.05) is 13.1 Å². The summed E-state index contributed by atoms with van der Waals surface area (Å²) in [4.78, 5) is 27.3. The zero-order valence-corrected chi connectivity index (χ0v) is 16.3. The molecule has 5 heteroatoms. The Bertz CT molecular complexity index is 746. The number of amides is 2. The fourth-order valence-electron chi connectivity index (χ4n) is 3.05. The van der Waals surface area contributed by atoms with Crippen LogP contribution in [0.25, 0.3) is 0 Å². The second-order valence-electron chi connectivity index (χ2n) is 6.35. The summed E-state index contributed by atoms with van der Waals surface area (Å²) in [6.45, 7) is 4.70. The Morgan fingerprint density at radius 1 is 1.04 bits per heavy atom. The lowest BCUT2D eigenvalue weighted by atomic mass is 10.1. The average Bonchev–Trinajstić information content (AvgIpc) is 2.69. The van der Waals surface area contributed by atoms with Gasteiger partial charge in [0.1, 0.15) is 11.8 Å². The third-order valence-electron chi connectivity index (χ3n) is 4.42. The number of hydrogen-bond donors (Lipinski definition) is 1. The summed E-state index contributed by atoms with van der Waals surface area (Å²) in [6.07, 6.45) is 0.817. The number of methoxy groups -OCH3 is 1. The van der Waals surface area contributed by atoms with Gasteiger partial charge >= 0.3 is 0 Å². The van der Waals surface area contributed by atoms with E-state index in [2.05, 4.69) is 5.32 Å². The molecule has 1 N–H and O–H groups in total. The molecular weight excluding hydrogens is 340 g/mol. The predicted molar refractivity (Wildman–Crippen MR) is 106 cm³/mol. The molecule has 27 heavy (non-hydrogen) atoms. The number of nitrogens with one attached hydrogen (secondary N) is 1. The third-order valence-corrected chi connectivity index (χ3v) is 4.42. The first-order valence-electron chi connectivity index (χ1n) is 9.33. The summed E-state index contributed by atoms with van der Waals surface area (Å²) in [5, 5.41) is 2.85. The van der Waals surface area contributed by atoms with Crippen LogP contribution in [0.4, 0.5) is 0 Å². The van der Waals surface area contributed by atoms with Crippen molar-refractivity contribution in [3.63, 3.8) is 0 Å². The largest absolute Gasteiger partial charge is 0.497 e. The van der Waals surface area contributed by atoms with Crippen LogP contribution in [0.5, 0.6) is 5.75 Å². The summed E-state index contributed by atoms with van der Waals surface area (Å²) in [7, 11) is 1.61. The fourth-order valence-corrected chi connectivity index (χ4v) is 3.05. The molecule has 2 amide bonds. The maximum absolute atomic E-state index is 13.1. The molecule has 0 aliphatic carbocycles. The van der Waals surface area contributed by atoms with Crippen LogP contribution in [0.15, 0.2) is 54.6 Å². The minimum atomic E-state index is -0.507. The molecule has 0 unspecified atom stereocenters. The van der Waals surface area contributed by atoms with E-state index >= 15 is 0 Å². The molecule has 2 aromatic carbocycles. The summed E-state index contributed by atoms with van der Waals surface area (Å²) in [6, 6.07) is 16.7. The van der Waals surface area contributed by atoms with Crippen LogP contribution >= 0.6 is 0 Å². The number of rotatable bonds is 9. The van der Waals surface area contributed by atoms with Gasteiger partial charge in [-0.15, -0.1) is 0 Å². The molecule has 0 aromatic heterocycles. The van der Waals surface area contributed by atoms with Gasteiger partial charge in [-0.25, -0.2) is 0 Å².